The highest BCUT2D eigenvalue weighted by Gasteiger charge is 2.52. The molecule has 36 heavy (non-hydrogen) atoms. The zero-order valence-corrected chi connectivity index (χ0v) is 20.8. The number of rotatable bonds is 7. The number of nitrogens with zero attached hydrogens (tertiary/aromatic N) is 5. The van der Waals surface area contributed by atoms with E-state index in [1.54, 1.807) is 17.1 Å². The summed E-state index contributed by atoms with van der Waals surface area (Å²) in [6.45, 7) is 2.94. The van der Waals surface area contributed by atoms with Gasteiger partial charge >= 0.3 is 5.97 Å². The number of aryl methyl sites for hydroxylation is 1. The monoisotopic (exact) mass is 485 g/mol. The van der Waals surface area contributed by atoms with Crippen LogP contribution in [0.15, 0.2) is 61.2 Å². The molecule has 1 fully saturated rings. The quantitative estimate of drug-likeness (QED) is 0.345. The van der Waals surface area contributed by atoms with Gasteiger partial charge in [-0.15, -0.1) is 0 Å². The first-order chi connectivity index (χ1) is 17.2. The first-order valence-electron chi connectivity index (χ1n) is 11.9. The Balaban J connectivity index is 1.38. The molecule has 3 aromatic heterocycles. The molecule has 0 amide bonds. The van der Waals surface area contributed by atoms with Crippen LogP contribution >= 0.6 is 0 Å². The summed E-state index contributed by atoms with van der Waals surface area (Å²) < 4.78 is 21.1. The van der Waals surface area contributed by atoms with E-state index in [1.807, 2.05) is 49.6 Å². The normalized spacial score (nSPS) is 14.5. The van der Waals surface area contributed by atoms with E-state index in [1.165, 1.54) is 27.2 Å². The highest BCUT2D eigenvalue weighted by atomic mass is 19.1. The molecule has 0 atom stereocenters. The summed E-state index contributed by atoms with van der Waals surface area (Å²) in [6, 6.07) is 12.0. The summed E-state index contributed by atoms with van der Waals surface area (Å²) in [6.07, 6.45) is 8.83. The lowest BCUT2D eigenvalue weighted by Gasteiger charge is -2.14. The predicted molar refractivity (Wildman–Crippen MR) is 134 cm³/mol. The van der Waals surface area contributed by atoms with E-state index in [-0.39, 0.29) is 5.97 Å². The molecular formula is C28H28FN5O2. The molecular weight excluding hydrogens is 457 g/mol. The Bertz CT molecular complexity index is 1400. The smallest absolute Gasteiger partial charge is 0.316 e. The molecule has 1 saturated carbocycles. The number of aromatic nitrogens is 5. The molecule has 0 saturated heterocycles. The van der Waals surface area contributed by atoms with Gasteiger partial charge in [0.15, 0.2) is 0 Å². The van der Waals surface area contributed by atoms with Gasteiger partial charge in [-0.2, -0.15) is 5.10 Å². The maximum Gasteiger partial charge on any atom is 0.316 e. The molecule has 0 bridgehead atoms. The Morgan fingerprint density at radius 2 is 1.78 bits per heavy atom. The topological polar surface area (TPSA) is 82.8 Å². The summed E-state index contributed by atoms with van der Waals surface area (Å²) in [5, 5.41) is 4.42. The summed E-state index contributed by atoms with van der Waals surface area (Å²) in [5.41, 5.74) is 4.51. The third-order valence-electron chi connectivity index (χ3n) is 6.84. The van der Waals surface area contributed by atoms with Crippen molar-refractivity contribution in [1.82, 2.24) is 24.7 Å². The highest BCUT2D eigenvalue weighted by molar-refractivity contribution is 5.86. The van der Waals surface area contributed by atoms with Gasteiger partial charge in [0.25, 0.3) is 0 Å². The minimum atomic E-state index is -1.56. The Morgan fingerprint density at radius 1 is 1.06 bits per heavy atom. The molecule has 1 aromatic carbocycles. The molecule has 184 valence electrons. The van der Waals surface area contributed by atoms with Crippen LogP contribution in [0.4, 0.5) is 4.39 Å². The summed E-state index contributed by atoms with van der Waals surface area (Å²) >= 11 is 0. The van der Waals surface area contributed by atoms with Crippen molar-refractivity contribution >= 4 is 5.97 Å². The predicted octanol–water partition coefficient (Wildman–Crippen LogP) is 4.94. The van der Waals surface area contributed by atoms with Crippen LogP contribution in [0.2, 0.25) is 0 Å². The Labute approximate surface area is 209 Å². The van der Waals surface area contributed by atoms with E-state index in [0.717, 1.165) is 46.5 Å². The van der Waals surface area contributed by atoms with Crippen LogP contribution in [-0.4, -0.2) is 37.8 Å². The zero-order chi connectivity index (χ0) is 25.5. The number of ether oxygens (including phenoxy) is 1. The van der Waals surface area contributed by atoms with E-state index in [2.05, 4.69) is 15.1 Å². The van der Waals surface area contributed by atoms with E-state index < -0.39 is 11.1 Å². The minimum absolute atomic E-state index is 0.167. The fraction of sp³-hybridized carbons (Fsp3) is 0.321. The molecule has 0 aliphatic heterocycles. The van der Waals surface area contributed by atoms with Gasteiger partial charge in [0, 0.05) is 37.0 Å². The summed E-state index contributed by atoms with van der Waals surface area (Å²) in [7, 11) is 3.30. The first-order valence-corrected chi connectivity index (χ1v) is 11.9. The molecule has 5 rings (SSSR count). The van der Waals surface area contributed by atoms with Crippen LogP contribution in [0.3, 0.4) is 0 Å². The number of carbonyl (C=O) groups excluding carboxylic acids is 1. The second-order valence-electron chi connectivity index (χ2n) is 9.76. The lowest BCUT2D eigenvalue weighted by atomic mass is 9.94. The second kappa shape index (κ2) is 8.93. The number of alkyl halides is 1. The average molecular weight is 486 g/mol. The molecule has 0 radical (unpaired) electrons. The molecule has 1 aliphatic carbocycles. The number of pyridine rings is 1. The number of halogens is 1. The molecule has 3 heterocycles. The van der Waals surface area contributed by atoms with Crippen molar-refractivity contribution in [2.45, 2.75) is 44.2 Å². The third kappa shape index (κ3) is 4.39. The number of methoxy groups -OCH3 is 1. The number of hydrogen-bond acceptors (Lipinski definition) is 6. The van der Waals surface area contributed by atoms with Gasteiger partial charge < -0.3 is 4.74 Å². The van der Waals surface area contributed by atoms with Gasteiger partial charge in [-0.25, -0.2) is 4.39 Å². The number of carbonyl (C=O) groups is 1. The third-order valence-corrected chi connectivity index (χ3v) is 6.84. The molecule has 0 spiro atoms. The van der Waals surface area contributed by atoms with Crippen molar-refractivity contribution in [3.63, 3.8) is 0 Å². The number of benzene rings is 1. The van der Waals surface area contributed by atoms with Gasteiger partial charge in [0.2, 0.25) is 0 Å². The largest absolute Gasteiger partial charge is 0.468 e. The summed E-state index contributed by atoms with van der Waals surface area (Å²) in [4.78, 5) is 25.5. The molecule has 4 aromatic rings. The van der Waals surface area contributed by atoms with Crippen LogP contribution in [0.25, 0.3) is 22.4 Å². The van der Waals surface area contributed by atoms with Crippen molar-refractivity contribution in [2.24, 2.45) is 7.05 Å². The average Bonchev–Trinajstić information content (AvgIpc) is 3.62. The zero-order valence-electron chi connectivity index (χ0n) is 20.8. The molecule has 8 heteroatoms. The van der Waals surface area contributed by atoms with Crippen molar-refractivity contribution in [3.8, 4) is 22.4 Å². The van der Waals surface area contributed by atoms with Crippen LogP contribution in [0, 0.1) is 0 Å². The van der Waals surface area contributed by atoms with Gasteiger partial charge in [-0.05, 0) is 43.9 Å². The van der Waals surface area contributed by atoms with Crippen LogP contribution in [-0.2, 0) is 34.1 Å². The Hall–Kier alpha value is -3.94. The minimum Gasteiger partial charge on any atom is -0.468 e. The summed E-state index contributed by atoms with van der Waals surface area (Å²) in [5.74, 6) is -0.167. The van der Waals surface area contributed by atoms with E-state index in [0.29, 0.717) is 17.8 Å². The Kier molecular flexibility index (Phi) is 5.90. The number of esters is 1. The fourth-order valence-corrected chi connectivity index (χ4v) is 4.47. The molecule has 0 N–H and O–H groups in total. The maximum absolute atomic E-state index is 14.4. The lowest BCUT2D eigenvalue weighted by Crippen LogP contribution is -2.21. The first kappa shape index (κ1) is 23.8. The molecule has 0 unspecified atom stereocenters. The standard InChI is InChI=1S/C28H28FN5O2/c1-27(2,29)25-17-30-15-21(33-25)13-24-22(16-32-34(24)3)23-10-7-19(14-31-23)18-5-8-20(9-6-18)28(11-12-28)26(35)36-4/h5-10,14-17H,11-13H2,1-4H3. The molecule has 7 nitrogen and oxygen atoms in total. The van der Waals surface area contributed by atoms with Crippen LogP contribution in [0.5, 0.6) is 0 Å². The maximum atomic E-state index is 14.4. The van der Waals surface area contributed by atoms with Gasteiger partial charge in [0.1, 0.15) is 5.67 Å². The van der Waals surface area contributed by atoms with Crippen molar-refractivity contribution < 1.29 is 13.9 Å². The van der Waals surface area contributed by atoms with Gasteiger partial charge in [0.05, 0.1) is 47.7 Å². The Morgan fingerprint density at radius 3 is 2.39 bits per heavy atom. The van der Waals surface area contributed by atoms with E-state index in [9.17, 15) is 9.18 Å². The fourth-order valence-electron chi connectivity index (χ4n) is 4.47. The van der Waals surface area contributed by atoms with Crippen molar-refractivity contribution in [3.05, 3.63) is 83.8 Å². The van der Waals surface area contributed by atoms with Gasteiger partial charge in [-0.1, -0.05) is 30.3 Å². The van der Waals surface area contributed by atoms with E-state index in [4.69, 9.17) is 9.72 Å². The van der Waals surface area contributed by atoms with E-state index >= 15 is 0 Å². The van der Waals surface area contributed by atoms with Crippen molar-refractivity contribution in [2.75, 3.05) is 7.11 Å². The SMILES string of the molecule is COC(=O)C1(c2ccc(-c3ccc(-c4cnn(C)c4Cc4cncc(C(C)(C)F)n4)nc3)cc2)CC1. The van der Waals surface area contributed by atoms with Gasteiger partial charge in [-0.3, -0.25) is 24.4 Å². The molecule has 1 aliphatic rings. The number of hydrogen-bond donors (Lipinski definition) is 0. The van der Waals surface area contributed by atoms with Crippen molar-refractivity contribution in [1.29, 1.82) is 0 Å². The highest BCUT2D eigenvalue weighted by Crippen LogP contribution is 2.49. The lowest BCUT2D eigenvalue weighted by molar-refractivity contribution is -0.143. The van der Waals surface area contributed by atoms with Crippen LogP contribution < -0.4 is 0 Å². The second-order valence-corrected chi connectivity index (χ2v) is 9.76. The van der Waals surface area contributed by atoms with Crippen LogP contribution in [0.1, 0.15) is 49.3 Å².